The highest BCUT2D eigenvalue weighted by atomic mass is 16.4. The molecule has 6 nitrogen and oxygen atoms in total. The average molecular weight is 373 g/mol. The topological polar surface area (TPSA) is 72.9 Å². The molecule has 0 bridgehead atoms. The molecule has 1 aromatic rings. The highest BCUT2D eigenvalue weighted by Gasteiger charge is 2.31. The minimum Gasteiger partial charge on any atom is -0.480 e. The van der Waals surface area contributed by atoms with Crippen LogP contribution in [0.1, 0.15) is 50.1 Å². The van der Waals surface area contributed by atoms with Crippen LogP contribution in [-0.2, 0) is 4.79 Å². The van der Waals surface area contributed by atoms with E-state index in [-0.39, 0.29) is 24.7 Å². The van der Waals surface area contributed by atoms with Gasteiger partial charge in [-0.15, -0.1) is 0 Å². The van der Waals surface area contributed by atoms with Crippen molar-refractivity contribution in [2.45, 2.75) is 50.6 Å². The Labute approximate surface area is 161 Å². The number of hydrogen-bond donors (Lipinski definition) is 2. The number of likely N-dealkylation sites (tertiary alicyclic amines) is 1. The quantitative estimate of drug-likeness (QED) is 0.804. The Hall–Kier alpha value is -2.08. The molecule has 2 amide bonds. The van der Waals surface area contributed by atoms with E-state index in [1.807, 2.05) is 35.0 Å². The van der Waals surface area contributed by atoms with Gasteiger partial charge >= 0.3 is 12.0 Å². The predicted octanol–water partition coefficient (Wildman–Crippen LogP) is 3.11. The SMILES string of the molecule is CN(CC(=O)O)C1CCCN(C(=O)NC(c2ccccc2)C2CCC2)CC1. The van der Waals surface area contributed by atoms with Crippen LogP contribution in [0.2, 0.25) is 0 Å². The highest BCUT2D eigenvalue weighted by Crippen LogP contribution is 2.37. The molecule has 0 spiro atoms. The fraction of sp³-hybridized carbons (Fsp3) is 0.619. The average Bonchev–Trinajstić information content (AvgIpc) is 2.86. The van der Waals surface area contributed by atoms with E-state index in [0.29, 0.717) is 12.5 Å². The number of rotatable bonds is 6. The van der Waals surface area contributed by atoms with Crippen LogP contribution >= 0.6 is 0 Å². The van der Waals surface area contributed by atoms with E-state index in [1.165, 1.54) is 24.8 Å². The molecule has 27 heavy (non-hydrogen) atoms. The molecule has 0 radical (unpaired) electrons. The largest absolute Gasteiger partial charge is 0.480 e. The number of nitrogens with one attached hydrogen (secondary N) is 1. The van der Waals surface area contributed by atoms with Crippen molar-refractivity contribution < 1.29 is 14.7 Å². The molecule has 2 N–H and O–H groups in total. The van der Waals surface area contributed by atoms with Crippen molar-refractivity contribution in [3.8, 4) is 0 Å². The Morgan fingerprint density at radius 2 is 1.89 bits per heavy atom. The number of hydrogen-bond acceptors (Lipinski definition) is 3. The predicted molar refractivity (Wildman–Crippen MR) is 105 cm³/mol. The number of carboxylic acids is 1. The molecule has 3 rings (SSSR count). The van der Waals surface area contributed by atoms with Crippen LogP contribution in [0.25, 0.3) is 0 Å². The lowest BCUT2D eigenvalue weighted by atomic mass is 9.77. The lowest BCUT2D eigenvalue weighted by Crippen LogP contribution is -2.45. The summed E-state index contributed by atoms with van der Waals surface area (Å²) in [6.07, 6.45) is 6.23. The molecule has 1 aliphatic carbocycles. The van der Waals surface area contributed by atoms with Crippen LogP contribution in [0, 0.1) is 5.92 Å². The first-order valence-corrected chi connectivity index (χ1v) is 10.1. The van der Waals surface area contributed by atoms with Crippen molar-refractivity contribution in [1.29, 1.82) is 0 Å². The van der Waals surface area contributed by atoms with E-state index >= 15 is 0 Å². The van der Waals surface area contributed by atoms with Crippen molar-refractivity contribution in [3.05, 3.63) is 35.9 Å². The van der Waals surface area contributed by atoms with E-state index in [9.17, 15) is 9.59 Å². The summed E-state index contributed by atoms with van der Waals surface area (Å²) in [7, 11) is 1.86. The summed E-state index contributed by atoms with van der Waals surface area (Å²) >= 11 is 0. The molecule has 6 heteroatoms. The second-order valence-electron chi connectivity index (χ2n) is 7.91. The Kier molecular flexibility index (Phi) is 6.72. The van der Waals surface area contributed by atoms with Gasteiger partial charge in [0.15, 0.2) is 0 Å². The third-order valence-corrected chi connectivity index (χ3v) is 6.05. The molecule has 1 aromatic carbocycles. The van der Waals surface area contributed by atoms with Gasteiger partial charge in [0.05, 0.1) is 12.6 Å². The maximum atomic E-state index is 12.9. The number of benzene rings is 1. The summed E-state index contributed by atoms with van der Waals surface area (Å²) in [6, 6.07) is 10.6. The van der Waals surface area contributed by atoms with Gasteiger partial charge in [0.25, 0.3) is 0 Å². The van der Waals surface area contributed by atoms with Gasteiger partial charge in [0.2, 0.25) is 0 Å². The van der Waals surface area contributed by atoms with E-state index in [1.54, 1.807) is 0 Å². The number of likely N-dealkylation sites (N-methyl/N-ethyl adjacent to an activating group) is 1. The summed E-state index contributed by atoms with van der Waals surface area (Å²) in [5, 5.41) is 12.3. The lowest BCUT2D eigenvalue weighted by Gasteiger charge is -2.36. The van der Waals surface area contributed by atoms with E-state index in [4.69, 9.17) is 5.11 Å². The number of aliphatic carboxylic acids is 1. The van der Waals surface area contributed by atoms with Gasteiger partial charge in [0.1, 0.15) is 0 Å². The summed E-state index contributed by atoms with van der Waals surface area (Å²) in [4.78, 5) is 27.7. The zero-order chi connectivity index (χ0) is 19.2. The standard InChI is InChI=1S/C21H31N3O3/c1-23(15-19(25)26)18-11-6-13-24(14-12-18)21(27)22-20(17-9-5-10-17)16-7-3-2-4-8-16/h2-4,7-8,17-18,20H,5-6,9-15H2,1H3,(H,22,27)(H,25,26). The monoisotopic (exact) mass is 373 g/mol. The van der Waals surface area contributed by atoms with Crippen LogP contribution in [0.3, 0.4) is 0 Å². The summed E-state index contributed by atoms with van der Waals surface area (Å²) in [5.74, 6) is -0.277. The summed E-state index contributed by atoms with van der Waals surface area (Å²) in [5.41, 5.74) is 1.18. The molecule has 0 aromatic heterocycles. The second-order valence-corrected chi connectivity index (χ2v) is 7.91. The molecule has 1 heterocycles. The van der Waals surface area contributed by atoms with Gasteiger partial charge in [0, 0.05) is 19.1 Å². The fourth-order valence-corrected chi connectivity index (χ4v) is 4.20. The Morgan fingerprint density at radius 1 is 1.15 bits per heavy atom. The van der Waals surface area contributed by atoms with Gasteiger partial charge in [-0.1, -0.05) is 36.8 Å². The molecule has 1 saturated heterocycles. The van der Waals surface area contributed by atoms with Crippen molar-refractivity contribution in [3.63, 3.8) is 0 Å². The van der Waals surface area contributed by atoms with Crippen LogP contribution in [0.5, 0.6) is 0 Å². The number of amides is 2. The van der Waals surface area contributed by atoms with Crippen LogP contribution in [-0.4, -0.2) is 59.6 Å². The molecule has 2 atom stereocenters. The smallest absolute Gasteiger partial charge is 0.317 e. The lowest BCUT2D eigenvalue weighted by molar-refractivity contribution is -0.138. The van der Waals surface area contributed by atoms with Crippen LogP contribution in [0.15, 0.2) is 30.3 Å². The first-order chi connectivity index (χ1) is 13.0. The maximum absolute atomic E-state index is 12.9. The summed E-state index contributed by atoms with van der Waals surface area (Å²) < 4.78 is 0. The Balaban J connectivity index is 1.59. The van der Waals surface area contributed by atoms with E-state index in [2.05, 4.69) is 17.4 Å². The maximum Gasteiger partial charge on any atom is 0.317 e. The van der Waals surface area contributed by atoms with Crippen LogP contribution < -0.4 is 5.32 Å². The van der Waals surface area contributed by atoms with Crippen molar-refractivity contribution in [2.24, 2.45) is 5.92 Å². The zero-order valence-corrected chi connectivity index (χ0v) is 16.1. The van der Waals surface area contributed by atoms with Crippen molar-refractivity contribution in [1.82, 2.24) is 15.1 Å². The first kappa shape index (κ1) is 19.7. The second kappa shape index (κ2) is 9.22. The fourth-order valence-electron chi connectivity index (χ4n) is 4.20. The number of carbonyl (C=O) groups excluding carboxylic acids is 1. The van der Waals surface area contributed by atoms with E-state index < -0.39 is 5.97 Å². The van der Waals surface area contributed by atoms with E-state index in [0.717, 1.165) is 25.8 Å². The number of urea groups is 1. The zero-order valence-electron chi connectivity index (χ0n) is 16.1. The molecule has 148 valence electrons. The molecule has 2 aliphatic rings. The number of nitrogens with zero attached hydrogens (tertiary/aromatic N) is 2. The minimum atomic E-state index is -0.803. The van der Waals surface area contributed by atoms with Gasteiger partial charge in [-0.3, -0.25) is 9.69 Å². The van der Waals surface area contributed by atoms with Gasteiger partial charge in [-0.05, 0) is 50.6 Å². The third-order valence-electron chi connectivity index (χ3n) is 6.05. The first-order valence-electron chi connectivity index (χ1n) is 10.1. The molecule has 1 aliphatic heterocycles. The van der Waals surface area contributed by atoms with Gasteiger partial charge < -0.3 is 15.3 Å². The minimum absolute atomic E-state index is 0.0114. The third kappa shape index (κ3) is 5.22. The van der Waals surface area contributed by atoms with Gasteiger partial charge in [-0.2, -0.15) is 0 Å². The Bertz CT molecular complexity index is 633. The normalized spacial score (nSPS) is 22.0. The number of carbonyl (C=O) groups is 2. The highest BCUT2D eigenvalue weighted by molar-refractivity contribution is 5.75. The van der Waals surface area contributed by atoms with Crippen LogP contribution in [0.4, 0.5) is 4.79 Å². The molecular formula is C21H31N3O3. The molecule has 2 unspecified atom stereocenters. The van der Waals surface area contributed by atoms with Crippen molar-refractivity contribution >= 4 is 12.0 Å². The summed E-state index contributed by atoms with van der Waals surface area (Å²) in [6.45, 7) is 1.46. The Morgan fingerprint density at radius 3 is 2.52 bits per heavy atom. The number of carboxylic acid groups (broad SMARTS) is 1. The molecule has 1 saturated carbocycles. The van der Waals surface area contributed by atoms with Crippen molar-refractivity contribution in [2.75, 3.05) is 26.7 Å². The van der Waals surface area contributed by atoms with Gasteiger partial charge in [-0.25, -0.2) is 4.79 Å². The molecule has 2 fully saturated rings. The molecular weight excluding hydrogens is 342 g/mol.